The lowest BCUT2D eigenvalue weighted by atomic mass is 9.96. The van der Waals surface area contributed by atoms with Crippen molar-refractivity contribution < 1.29 is 9.53 Å². The average Bonchev–Trinajstić information content (AvgIpc) is 3.20. The Morgan fingerprint density at radius 3 is 2.79 bits per heavy atom. The zero-order valence-electron chi connectivity index (χ0n) is 19.2. The van der Waals surface area contributed by atoms with Crippen molar-refractivity contribution in [2.75, 3.05) is 31.2 Å². The third-order valence-electron chi connectivity index (χ3n) is 7.13. The first-order chi connectivity index (χ1) is 16.6. The third-order valence-corrected chi connectivity index (χ3v) is 7.13. The van der Waals surface area contributed by atoms with Gasteiger partial charge in [0, 0.05) is 61.3 Å². The highest BCUT2D eigenvalue weighted by Gasteiger charge is 2.34. The summed E-state index contributed by atoms with van der Waals surface area (Å²) < 4.78 is 7.62. The molecule has 0 unspecified atom stereocenters. The van der Waals surface area contributed by atoms with Crippen molar-refractivity contribution in [2.24, 2.45) is 0 Å². The molecule has 34 heavy (non-hydrogen) atoms. The summed E-state index contributed by atoms with van der Waals surface area (Å²) in [6.45, 7) is 5.26. The number of carbonyl (C=O) groups excluding carboxylic acids is 1. The second-order valence-electron chi connectivity index (χ2n) is 9.25. The van der Waals surface area contributed by atoms with E-state index in [-0.39, 0.29) is 11.9 Å². The van der Waals surface area contributed by atoms with Gasteiger partial charge in [-0.05, 0) is 42.2 Å². The summed E-state index contributed by atoms with van der Waals surface area (Å²) in [6, 6.07) is 10.8. The van der Waals surface area contributed by atoms with Gasteiger partial charge in [-0.1, -0.05) is 6.07 Å². The molecule has 1 fully saturated rings. The largest absolute Gasteiger partial charge is 0.377 e. The number of nitrogens with zero attached hydrogens (tertiary/aromatic N) is 6. The number of rotatable bonds is 3. The summed E-state index contributed by atoms with van der Waals surface area (Å²) in [5, 5.41) is 14.3. The van der Waals surface area contributed by atoms with Gasteiger partial charge in [0.1, 0.15) is 6.07 Å². The molecular weight excluding hydrogens is 428 g/mol. The number of anilines is 2. The Balaban J connectivity index is 1.40. The predicted molar refractivity (Wildman–Crippen MR) is 127 cm³/mol. The predicted octanol–water partition coefficient (Wildman–Crippen LogP) is 3.38. The fourth-order valence-electron chi connectivity index (χ4n) is 5.24. The molecule has 1 amide bonds. The van der Waals surface area contributed by atoms with Crippen LogP contribution in [-0.4, -0.2) is 51.9 Å². The normalized spacial score (nSPS) is 17.5. The van der Waals surface area contributed by atoms with E-state index in [0.29, 0.717) is 25.3 Å². The van der Waals surface area contributed by atoms with E-state index in [2.05, 4.69) is 38.8 Å². The summed E-state index contributed by atoms with van der Waals surface area (Å²) in [7, 11) is 0. The number of pyridine rings is 1. The molecule has 3 aliphatic rings. The van der Waals surface area contributed by atoms with Crippen LogP contribution in [0.1, 0.15) is 41.8 Å². The smallest absolute Gasteiger partial charge is 0.219 e. The van der Waals surface area contributed by atoms with Crippen molar-refractivity contribution in [1.82, 2.24) is 19.7 Å². The van der Waals surface area contributed by atoms with Gasteiger partial charge in [-0.3, -0.25) is 14.5 Å². The fourth-order valence-corrected chi connectivity index (χ4v) is 5.24. The Morgan fingerprint density at radius 1 is 1.15 bits per heavy atom. The van der Waals surface area contributed by atoms with Crippen molar-refractivity contribution in [3.8, 4) is 17.2 Å². The molecule has 0 N–H and O–H groups in total. The molecule has 8 heteroatoms. The number of benzene rings is 1. The molecule has 0 spiro atoms. The van der Waals surface area contributed by atoms with Crippen LogP contribution >= 0.6 is 0 Å². The first kappa shape index (κ1) is 20.9. The van der Waals surface area contributed by atoms with Gasteiger partial charge in [0.05, 0.1) is 31.4 Å². The fraction of sp³-hybridized carbons (Fsp3) is 0.385. The highest BCUT2D eigenvalue weighted by Crippen LogP contribution is 2.40. The summed E-state index contributed by atoms with van der Waals surface area (Å²) in [5.41, 5.74) is 7.40. The molecular formula is C26H26N6O2. The van der Waals surface area contributed by atoms with E-state index in [0.717, 1.165) is 60.5 Å². The Bertz CT molecular complexity index is 1320. The van der Waals surface area contributed by atoms with Gasteiger partial charge in [-0.15, -0.1) is 0 Å². The number of ether oxygens (including phenoxy) is 1. The van der Waals surface area contributed by atoms with Crippen molar-refractivity contribution >= 4 is 17.4 Å². The molecule has 0 aliphatic carbocycles. The summed E-state index contributed by atoms with van der Waals surface area (Å²) in [6.07, 6.45) is 6.22. The zero-order valence-corrected chi connectivity index (χ0v) is 19.2. The van der Waals surface area contributed by atoms with Crippen molar-refractivity contribution in [3.63, 3.8) is 0 Å². The SMILES string of the molecule is CC(=O)N1CCc2c(c(N3CCCc4cc(-c5cncc(C#N)c5)ccc43)nn2C2COC2)C1. The van der Waals surface area contributed by atoms with Gasteiger partial charge in [0.2, 0.25) is 5.91 Å². The van der Waals surface area contributed by atoms with E-state index < -0.39 is 0 Å². The second kappa shape index (κ2) is 8.26. The minimum Gasteiger partial charge on any atom is -0.377 e. The average molecular weight is 455 g/mol. The van der Waals surface area contributed by atoms with E-state index in [1.165, 1.54) is 11.3 Å². The number of hydrogen-bond donors (Lipinski definition) is 0. The summed E-state index contributed by atoms with van der Waals surface area (Å²) in [4.78, 5) is 20.6. The molecule has 6 rings (SSSR count). The number of carbonyl (C=O) groups is 1. The minimum atomic E-state index is 0.105. The van der Waals surface area contributed by atoms with Crippen LogP contribution in [0.3, 0.4) is 0 Å². The topological polar surface area (TPSA) is 87.3 Å². The number of fused-ring (bicyclic) bond motifs is 2. The molecule has 8 nitrogen and oxygen atoms in total. The quantitative estimate of drug-likeness (QED) is 0.603. The Hall–Kier alpha value is -3.70. The van der Waals surface area contributed by atoms with Crippen LogP contribution in [0.4, 0.5) is 11.5 Å². The molecule has 0 radical (unpaired) electrons. The van der Waals surface area contributed by atoms with Crippen LogP contribution in [-0.2, 0) is 28.9 Å². The first-order valence-electron chi connectivity index (χ1n) is 11.8. The van der Waals surface area contributed by atoms with E-state index in [9.17, 15) is 10.1 Å². The number of hydrogen-bond acceptors (Lipinski definition) is 6. The number of aromatic nitrogens is 3. The van der Waals surface area contributed by atoms with Crippen molar-refractivity contribution in [3.05, 3.63) is 59.0 Å². The molecule has 3 aliphatic heterocycles. The molecule has 3 aromatic rings. The van der Waals surface area contributed by atoms with Gasteiger partial charge < -0.3 is 14.5 Å². The Kier molecular flexibility index (Phi) is 5.07. The van der Waals surface area contributed by atoms with Gasteiger partial charge >= 0.3 is 0 Å². The van der Waals surface area contributed by atoms with Crippen LogP contribution in [0, 0.1) is 11.3 Å². The lowest BCUT2D eigenvalue weighted by molar-refractivity contribution is -0.129. The number of aryl methyl sites for hydroxylation is 1. The highest BCUT2D eigenvalue weighted by atomic mass is 16.5. The van der Waals surface area contributed by atoms with Gasteiger partial charge in [-0.25, -0.2) is 0 Å². The molecule has 0 saturated carbocycles. The second-order valence-corrected chi connectivity index (χ2v) is 9.25. The maximum Gasteiger partial charge on any atom is 0.219 e. The molecule has 5 heterocycles. The Labute approximate surface area is 198 Å². The maximum absolute atomic E-state index is 12.2. The molecule has 2 aromatic heterocycles. The lowest BCUT2D eigenvalue weighted by Crippen LogP contribution is -2.37. The van der Waals surface area contributed by atoms with Crippen molar-refractivity contribution in [1.29, 1.82) is 5.26 Å². The number of nitriles is 1. The minimum absolute atomic E-state index is 0.105. The van der Waals surface area contributed by atoms with Gasteiger partial charge in [0.15, 0.2) is 5.82 Å². The molecule has 172 valence electrons. The monoisotopic (exact) mass is 454 g/mol. The van der Waals surface area contributed by atoms with Gasteiger partial charge in [-0.2, -0.15) is 10.4 Å². The maximum atomic E-state index is 12.2. The van der Waals surface area contributed by atoms with Gasteiger partial charge in [0.25, 0.3) is 0 Å². The summed E-state index contributed by atoms with van der Waals surface area (Å²) >= 11 is 0. The van der Waals surface area contributed by atoms with E-state index in [1.807, 2.05) is 11.0 Å². The molecule has 0 bridgehead atoms. The highest BCUT2D eigenvalue weighted by molar-refractivity contribution is 5.76. The van der Waals surface area contributed by atoms with E-state index in [4.69, 9.17) is 9.84 Å². The Morgan fingerprint density at radius 2 is 2.03 bits per heavy atom. The van der Waals surface area contributed by atoms with Crippen LogP contribution < -0.4 is 4.90 Å². The van der Waals surface area contributed by atoms with E-state index in [1.54, 1.807) is 19.3 Å². The lowest BCUT2D eigenvalue weighted by Gasteiger charge is -2.33. The molecule has 0 atom stereocenters. The van der Waals surface area contributed by atoms with Crippen LogP contribution in [0.15, 0.2) is 36.7 Å². The third kappa shape index (κ3) is 3.44. The number of amides is 1. The van der Waals surface area contributed by atoms with Crippen LogP contribution in [0.2, 0.25) is 0 Å². The first-order valence-corrected chi connectivity index (χ1v) is 11.8. The molecule has 1 saturated heterocycles. The zero-order chi connectivity index (χ0) is 23.2. The summed E-state index contributed by atoms with van der Waals surface area (Å²) in [5.74, 6) is 1.07. The van der Waals surface area contributed by atoms with Crippen LogP contribution in [0.5, 0.6) is 0 Å². The standard InChI is InChI=1S/C26H26N6O2/c1-17(33)30-8-6-25-23(14-30)26(29-32(25)22-15-34-16-22)31-7-2-3-20-10-19(4-5-24(20)31)21-9-18(11-27)12-28-13-21/h4-5,9-10,12-13,22H,2-3,6-8,14-16H2,1H3. The van der Waals surface area contributed by atoms with Crippen molar-refractivity contribution in [2.45, 2.75) is 38.8 Å². The van der Waals surface area contributed by atoms with Crippen LogP contribution in [0.25, 0.3) is 11.1 Å². The molecule has 1 aromatic carbocycles. The van der Waals surface area contributed by atoms with E-state index >= 15 is 0 Å².